The van der Waals surface area contributed by atoms with Crippen molar-refractivity contribution in [3.05, 3.63) is 59.2 Å². The molecule has 0 aliphatic heterocycles. The summed E-state index contributed by atoms with van der Waals surface area (Å²) in [6.45, 7) is 2.00. The lowest BCUT2D eigenvalue weighted by molar-refractivity contribution is -0.137. The minimum atomic E-state index is -4.60. The Morgan fingerprint density at radius 3 is 2.19 bits per heavy atom. The average molecular weight is 294 g/mol. The summed E-state index contributed by atoms with van der Waals surface area (Å²) in [6.07, 6.45) is -3.54. The van der Waals surface area contributed by atoms with Crippen LogP contribution in [0.3, 0.4) is 0 Å². The van der Waals surface area contributed by atoms with Gasteiger partial charge in [0.05, 0.1) is 5.56 Å². The molecule has 0 saturated carbocycles. The Hall–Kier alpha value is -2.30. The fraction of sp³-hybridized carbons (Fsp3) is 0.188. The van der Waals surface area contributed by atoms with E-state index in [9.17, 15) is 18.0 Å². The van der Waals surface area contributed by atoms with Crippen LogP contribution in [-0.2, 0) is 12.6 Å². The van der Waals surface area contributed by atoms with Crippen molar-refractivity contribution in [3.8, 4) is 11.5 Å². The van der Waals surface area contributed by atoms with E-state index in [4.69, 9.17) is 4.74 Å². The molecular weight excluding hydrogens is 281 g/mol. The predicted octanol–water partition coefficient (Wildman–Crippen LogP) is 4.87. The highest BCUT2D eigenvalue weighted by atomic mass is 19.4. The second kappa shape index (κ2) is 5.99. The maximum atomic E-state index is 12.8. The standard InChI is InChI=1S/C16H13F3O2/c1-2-11-3-6-13(7-4-11)21-14-8-5-12(10-20)15(9-14)16(17,18)19/h3-10H,2H2,1H3. The summed E-state index contributed by atoms with van der Waals surface area (Å²) in [6, 6.07) is 10.4. The molecule has 2 aromatic rings. The van der Waals surface area contributed by atoms with Gasteiger partial charge >= 0.3 is 6.18 Å². The largest absolute Gasteiger partial charge is 0.457 e. The molecule has 2 rings (SSSR count). The van der Waals surface area contributed by atoms with Gasteiger partial charge in [-0.15, -0.1) is 0 Å². The van der Waals surface area contributed by atoms with Crippen molar-refractivity contribution in [2.75, 3.05) is 0 Å². The molecule has 0 heterocycles. The molecule has 0 unspecified atom stereocenters. The molecule has 0 radical (unpaired) electrons. The topological polar surface area (TPSA) is 26.3 Å². The van der Waals surface area contributed by atoms with E-state index in [1.54, 1.807) is 12.1 Å². The molecule has 0 N–H and O–H groups in total. The Kier molecular flexibility index (Phi) is 4.31. The minimum Gasteiger partial charge on any atom is -0.457 e. The van der Waals surface area contributed by atoms with E-state index in [0.717, 1.165) is 24.1 Å². The van der Waals surface area contributed by atoms with Crippen molar-refractivity contribution in [2.24, 2.45) is 0 Å². The molecule has 110 valence electrons. The molecule has 0 aliphatic carbocycles. The quantitative estimate of drug-likeness (QED) is 0.752. The number of halogens is 3. The van der Waals surface area contributed by atoms with Crippen LogP contribution in [0.2, 0.25) is 0 Å². The van der Waals surface area contributed by atoms with Gasteiger partial charge in [0.15, 0.2) is 6.29 Å². The second-order valence-electron chi connectivity index (χ2n) is 4.46. The van der Waals surface area contributed by atoms with E-state index in [1.807, 2.05) is 19.1 Å². The number of benzene rings is 2. The zero-order valence-corrected chi connectivity index (χ0v) is 11.3. The van der Waals surface area contributed by atoms with E-state index >= 15 is 0 Å². The number of carbonyl (C=O) groups is 1. The van der Waals surface area contributed by atoms with Gasteiger partial charge in [-0.2, -0.15) is 13.2 Å². The Morgan fingerprint density at radius 1 is 1.05 bits per heavy atom. The van der Waals surface area contributed by atoms with Crippen molar-refractivity contribution in [2.45, 2.75) is 19.5 Å². The Balaban J connectivity index is 2.30. The Bertz CT molecular complexity index is 631. The molecule has 0 aliphatic rings. The number of hydrogen-bond donors (Lipinski definition) is 0. The summed E-state index contributed by atoms with van der Waals surface area (Å²) in [4.78, 5) is 10.7. The molecule has 0 saturated heterocycles. The van der Waals surface area contributed by atoms with E-state index < -0.39 is 17.3 Å². The predicted molar refractivity (Wildman–Crippen MR) is 72.7 cm³/mol. The van der Waals surface area contributed by atoms with Crippen molar-refractivity contribution in [1.29, 1.82) is 0 Å². The number of alkyl halides is 3. The molecule has 0 atom stereocenters. The highest BCUT2D eigenvalue weighted by molar-refractivity contribution is 5.78. The van der Waals surface area contributed by atoms with Gasteiger partial charge in [0.1, 0.15) is 11.5 Å². The minimum absolute atomic E-state index is 0.0390. The van der Waals surface area contributed by atoms with Crippen molar-refractivity contribution in [1.82, 2.24) is 0 Å². The fourth-order valence-corrected chi connectivity index (χ4v) is 1.88. The van der Waals surface area contributed by atoms with Crippen LogP contribution in [0.5, 0.6) is 11.5 Å². The van der Waals surface area contributed by atoms with Crippen LogP contribution in [0, 0.1) is 0 Å². The first kappa shape index (κ1) is 15.1. The third-order valence-electron chi connectivity index (χ3n) is 3.02. The van der Waals surface area contributed by atoms with E-state index in [2.05, 4.69) is 0 Å². The Labute approximate surface area is 120 Å². The van der Waals surface area contributed by atoms with Gasteiger partial charge in [-0.1, -0.05) is 19.1 Å². The number of aryl methyl sites for hydroxylation is 1. The number of aldehydes is 1. The second-order valence-corrected chi connectivity index (χ2v) is 4.46. The SMILES string of the molecule is CCc1ccc(Oc2ccc(C=O)c(C(F)(F)F)c2)cc1. The first-order valence-corrected chi connectivity index (χ1v) is 6.37. The molecule has 0 aromatic heterocycles. The van der Waals surface area contributed by atoms with Gasteiger partial charge in [0.25, 0.3) is 0 Å². The van der Waals surface area contributed by atoms with Gasteiger partial charge < -0.3 is 4.74 Å². The van der Waals surface area contributed by atoms with Crippen LogP contribution in [0.4, 0.5) is 13.2 Å². The maximum Gasteiger partial charge on any atom is 0.417 e. The third-order valence-corrected chi connectivity index (χ3v) is 3.02. The van der Waals surface area contributed by atoms with Crippen LogP contribution in [0.15, 0.2) is 42.5 Å². The van der Waals surface area contributed by atoms with Gasteiger partial charge in [-0.25, -0.2) is 0 Å². The van der Waals surface area contributed by atoms with Crippen LogP contribution < -0.4 is 4.74 Å². The molecule has 0 bridgehead atoms. The smallest absolute Gasteiger partial charge is 0.417 e. The van der Waals surface area contributed by atoms with Crippen LogP contribution in [-0.4, -0.2) is 6.29 Å². The van der Waals surface area contributed by atoms with E-state index in [-0.39, 0.29) is 12.0 Å². The normalized spacial score (nSPS) is 11.2. The first-order valence-electron chi connectivity index (χ1n) is 6.37. The van der Waals surface area contributed by atoms with Crippen molar-refractivity contribution >= 4 is 6.29 Å². The zero-order chi connectivity index (χ0) is 15.5. The molecule has 21 heavy (non-hydrogen) atoms. The molecular formula is C16H13F3O2. The van der Waals surface area contributed by atoms with Crippen molar-refractivity contribution in [3.63, 3.8) is 0 Å². The molecule has 0 spiro atoms. The monoisotopic (exact) mass is 294 g/mol. The van der Waals surface area contributed by atoms with Gasteiger partial charge in [0, 0.05) is 5.56 Å². The number of rotatable bonds is 4. The van der Waals surface area contributed by atoms with Gasteiger partial charge in [-0.05, 0) is 42.3 Å². The molecule has 2 aromatic carbocycles. The lowest BCUT2D eigenvalue weighted by Gasteiger charge is -2.12. The molecule has 0 fully saturated rings. The molecule has 2 nitrogen and oxygen atoms in total. The third kappa shape index (κ3) is 3.62. The van der Waals surface area contributed by atoms with Crippen molar-refractivity contribution < 1.29 is 22.7 Å². The summed E-state index contributed by atoms with van der Waals surface area (Å²) in [7, 11) is 0. The fourth-order valence-electron chi connectivity index (χ4n) is 1.88. The summed E-state index contributed by atoms with van der Waals surface area (Å²) >= 11 is 0. The summed E-state index contributed by atoms with van der Waals surface area (Å²) in [5, 5.41) is 0. The molecule has 0 amide bonds. The van der Waals surface area contributed by atoms with E-state index in [0.29, 0.717) is 5.75 Å². The highest BCUT2D eigenvalue weighted by Crippen LogP contribution is 2.35. The lowest BCUT2D eigenvalue weighted by atomic mass is 10.1. The summed E-state index contributed by atoms with van der Waals surface area (Å²) in [5.74, 6) is 0.483. The number of ether oxygens (including phenoxy) is 1. The number of hydrogen-bond acceptors (Lipinski definition) is 2. The first-order chi connectivity index (χ1) is 9.94. The van der Waals surface area contributed by atoms with Crippen LogP contribution in [0.25, 0.3) is 0 Å². The van der Waals surface area contributed by atoms with Crippen LogP contribution in [0.1, 0.15) is 28.4 Å². The van der Waals surface area contributed by atoms with E-state index in [1.165, 1.54) is 6.07 Å². The maximum absolute atomic E-state index is 12.8. The average Bonchev–Trinajstić information content (AvgIpc) is 2.47. The summed E-state index contributed by atoms with van der Waals surface area (Å²) in [5.41, 5.74) is -0.300. The van der Waals surface area contributed by atoms with Gasteiger partial charge in [0.2, 0.25) is 0 Å². The summed E-state index contributed by atoms with van der Waals surface area (Å²) < 4.78 is 43.9. The number of carbonyl (C=O) groups excluding carboxylic acids is 1. The molecule has 5 heteroatoms. The lowest BCUT2D eigenvalue weighted by Crippen LogP contribution is -2.09. The van der Waals surface area contributed by atoms with Gasteiger partial charge in [-0.3, -0.25) is 4.79 Å². The highest BCUT2D eigenvalue weighted by Gasteiger charge is 2.33. The zero-order valence-electron chi connectivity index (χ0n) is 11.3. The Morgan fingerprint density at radius 2 is 1.67 bits per heavy atom. The van der Waals surface area contributed by atoms with Crippen LogP contribution >= 0.6 is 0 Å².